The number of pyridine rings is 1. The van der Waals surface area contributed by atoms with Gasteiger partial charge in [-0.1, -0.05) is 13.0 Å². The van der Waals surface area contributed by atoms with Gasteiger partial charge in [-0.2, -0.15) is 0 Å². The minimum absolute atomic E-state index is 0.131. The second kappa shape index (κ2) is 7.43. The molecule has 0 fully saturated rings. The van der Waals surface area contributed by atoms with E-state index in [2.05, 4.69) is 20.9 Å². The lowest BCUT2D eigenvalue weighted by Gasteiger charge is -2.24. The molecule has 0 amide bonds. The number of nitrogens with zero attached hydrogens (tertiary/aromatic N) is 1. The fourth-order valence-electron chi connectivity index (χ4n) is 1.97. The van der Waals surface area contributed by atoms with Gasteiger partial charge >= 0.3 is 0 Å². The molecule has 0 aliphatic rings. The predicted octanol–water partition coefficient (Wildman–Crippen LogP) is 3.71. The Balaban J connectivity index is 2.27. The number of methoxy groups -OCH3 is 1. The molecule has 0 aliphatic carbocycles. The predicted molar refractivity (Wildman–Crippen MR) is 86.6 cm³/mol. The summed E-state index contributed by atoms with van der Waals surface area (Å²) in [5.74, 6) is 1.48. The van der Waals surface area contributed by atoms with E-state index in [0.29, 0.717) is 0 Å². The van der Waals surface area contributed by atoms with Gasteiger partial charge in [-0.3, -0.25) is 4.98 Å². The van der Waals surface area contributed by atoms with Gasteiger partial charge in [0.15, 0.2) is 6.10 Å². The average Bonchev–Trinajstić information content (AvgIpc) is 2.53. The molecule has 1 heterocycles. The summed E-state index contributed by atoms with van der Waals surface area (Å²) in [6.07, 6.45) is 2.26. The van der Waals surface area contributed by atoms with Crippen molar-refractivity contribution in [3.8, 4) is 11.5 Å². The van der Waals surface area contributed by atoms with Gasteiger partial charge < -0.3 is 15.2 Å². The van der Waals surface area contributed by atoms with Crippen molar-refractivity contribution in [2.75, 3.05) is 7.11 Å². The van der Waals surface area contributed by atoms with Gasteiger partial charge in [0.05, 0.1) is 17.3 Å². The lowest BCUT2D eigenvalue weighted by molar-refractivity contribution is 0.165. The van der Waals surface area contributed by atoms with Crippen LogP contribution in [-0.2, 0) is 0 Å². The molecule has 5 heteroatoms. The largest absolute Gasteiger partial charge is 0.497 e. The standard InChI is InChI=1S/C16H19BrN2O2/c1-3-13(18)16(14-6-4-5-9-19-14)21-15-8-7-11(20-2)10-12(15)17/h4-10,13,16H,3,18H2,1-2H3. The first-order chi connectivity index (χ1) is 10.2. The van der Waals surface area contributed by atoms with Crippen molar-refractivity contribution in [1.29, 1.82) is 0 Å². The molecule has 0 saturated heterocycles. The summed E-state index contributed by atoms with van der Waals surface area (Å²) in [7, 11) is 1.63. The van der Waals surface area contributed by atoms with Crippen LogP contribution in [0.3, 0.4) is 0 Å². The number of hydrogen-bond donors (Lipinski definition) is 1. The maximum absolute atomic E-state index is 6.20. The van der Waals surface area contributed by atoms with E-state index in [9.17, 15) is 0 Å². The van der Waals surface area contributed by atoms with E-state index in [1.54, 1.807) is 13.3 Å². The van der Waals surface area contributed by atoms with Crippen LogP contribution in [0.25, 0.3) is 0 Å². The third-order valence-corrected chi connectivity index (χ3v) is 3.85. The minimum atomic E-state index is -0.291. The zero-order chi connectivity index (χ0) is 15.2. The summed E-state index contributed by atoms with van der Waals surface area (Å²) in [4.78, 5) is 4.36. The third kappa shape index (κ3) is 3.95. The molecule has 2 unspecified atom stereocenters. The number of halogens is 1. The van der Waals surface area contributed by atoms with Gasteiger partial charge in [0, 0.05) is 12.2 Å². The van der Waals surface area contributed by atoms with Crippen LogP contribution >= 0.6 is 15.9 Å². The van der Waals surface area contributed by atoms with E-state index in [0.717, 1.165) is 28.1 Å². The Labute approximate surface area is 133 Å². The smallest absolute Gasteiger partial charge is 0.155 e. The Kier molecular flexibility index (Phi) is 5.59. The minimum Gasteiger partial charge on any atom is -0.497 e. The zero-order valence-corrected chi connectivity index (χ0v) is 13.7. The van der Waals surface area contributed by atoms with E-state index in [4.69, 9.17) is 15.2 Å². The SMILES string of the molecule is CCC(N)C(Oc1ccc(OC)cc1Br)c1ccccn1. The third-order valence-electron chi connectivity index (χ3n) is 3.23. The number of aromatic nitrogens is 1. The van der Waals surface area contributed by atoms with Crippen LogP contribution in [0.1, 0.15) is 25.1 Å². The summed E-state index contributed by atoms with van der Waals surface area (Å²) < 4.78 is 12.1. The van der Waals surface area contributed by atoms with Gasteiger partial charge in [-0.05, 0) is 52.7 Å². The van der Waals surface area contributed by atoms with E-state index in [1.807, 2.05) is 43.3 Å². The van der Waals surface area contributed by atoms with Crippen molar-refractivity contribution in [2.45, 2.75) is 25.5 Å². The molecule has 2 atom stereocenters. The monoisotopic (exact) mass is 350 g/mol. The van der Waals surface area contributed by atoms with E-state index < -0.39 is 0 Å². The topological polar surface area (TPSA) is 57.4 Å². The fraction of sp³-hybridized carbons (Fsp3) is 0.312. The molecule has 4 nitrogen and oxygen atoms in total. The van der Waals surface area contributed by atoms with Crippen molar-refractivity contribution in [2.24, 2.45) is 5.73 Å². The molecule has 0 saturated carbocycles. The van der Waals surface area contributed by atoms with Gasteiger partial charge in [-0.25, -0.2) is 0 Å². The second-order valence-corrected chi connectivity index (χ2v) is 5.52. The first-order valence-electron chi connectivity index (χ1n) is 6.82. The Morgan fingerprint density at radius 2 is 2.10 bits per heavy atom. The molecular formula is C16H19BrN2O2. The van der Waals surface area contributed by atoms with E-state index in [-0.39, 0.29) is 12.1 Å². The van der Waals surface area contributed by atoms with Gasteiger partial charge in [-0.15, -0.1) is 0 Å². The van der Waals surface area contributed by atoms with Crippen molar-refractivity contribution < 1.29 is 9.47 Å². The average molecular weight is 351 g/mol. The van der Waals surface area contributed by atoms with Crippen LogP contribution in [0.2, 0.25) is 0 Å². The first kappa shape index (κ1) is 15.8. The van der Waals surface area contributed by atoms with E-state index >= 15 is 0 Å². The van der Waals surface area contributed by atoms with Crippen LogP contribution in [-0.4, -0.2) is 18.1 Å². The Bertz CT molecular complexity index is 578. The Hall–Kier alpha value is -1.59. The number of nitrogens with two attached hydrogens (primary N) is 1. The van der Waals surface area contributed by atoms with E-state index in [1.165, 1.54) is 0 Å². The van der Waals surface area contributed by atoms with Gasteiger partial charge in [0.2, 0.25) is 0 Å². The summed E-state index contributed by atoms with van der Waals surface area (Å²) in [6.45, 7) is 2.03. The molecule has 1 aromatic heterocycles. The number of hydrogen-bond acceptors (Lipinski definition) is 4. The summed E-state index contributed by atoms with van der Waals surface area (Å²) in [6, 6.07) is 11.2. The molecule has 0 aliphatic heterocycles. The molecule has 0 radical (unpaired) electrons. The van der Waals surface area contributed by atoms with Crippen LogP contribution in [0.5, 0.6) is 11.5 Å². The quantitative estimate of drug-likeness (QED) is 0.862. The molecule has 112 valence electrons. The number of rotatable bonds is 6. The number of benzene rings is 1. The van der Waals surface area contributed by atoms with Gasteiger partial charge in [0.25, 0.3) is 0 Å². The maximum atomic E-state index is 6.20. The molecule has 1 aromatic carbocycles. The molecule has 2 aromatic rings. The highest BCUT2D eigenvalue weighted by molar-refractivity contribution is 9.10. The molecule has 2 N–H and O–H groups in total. The normalized spacial score (nSPS) is 13.5. The van der Waals surface area contributed by atoms with Crippen LogP contribution in [0, 0.1) is 0 Å². The van der Waals surface area contributed by atoms with Crippen molar-refractivity contribution >= 4 is 15.9 Å². The van der Waals surface area contributed by atoms with Crippen LogP contribution < -0.4 is 15.2 Å². The highest BCUT2D eigenvalue weighted by atomic mass is 79.9. The Morgan fingerprint density at radius 1 is 1.29 bits per heavy atom. The molecule has 21 heavy (non-hydrogen) atoms. The lowest BCUT2D eigenvalue weighted by Crippen LogP contribution is -2.32. The molecule has 2 rings (SSSR count). The summed E-state index contributed by atoms with van der Waals surface area (Å²) in [5.41, 5.74) is 7.03. The van der Waals surface area contributed by atoms with Crippen molar-refractivity contribution in [1.82, 2.24) is 4.98 Å². The highest BCUT2D eigenvalue weighted by Crippen LogP contribution is 2.33. The fourth-order valence-corrected chi connectivity index (χ4v) is 2.42. The van der Waals surface area contributed by atoms with Crippen LogP contribution in [0.15, 0.2) is 47.1 Å². The molecule has 0 spiro atoms. The lowest BCUT2D eigenvalue weighted by atomic mass is 10.1. The second-order valence-electron chi connectivity index (χ2n) is 4.66. The summed E-state index contributed by atoms with van der Waals surface area (Å²) in [5, 5.41) is 0. The summed E-state index contributed by atoms with van der Waals surface area (Å²) >= 11 is 3.49. The first-order valence-corrected chi connectivity index (χ1v) is 7.61. The zero-order valence-electron chi connectivity index (χ0n) is 12.1. The maximum Gasteiger partial charge on any atom is 0.155 e. The van der Waals surface area contributed by atoms with Gasteiger partial charge in [0.1, 0.15) is 11.5 Å². The number of ether oxygens (including phenoxy) is 2. The van der Waals surface area contributed by atoms with Crippen molar-refractivity contribution in [3.63, 3.8) is 0 Å². The molecular weight excluding hydrogens is 332 g/mol. The highest BCUT2D eigenvalue weighted by Gasteiger charge is 2.22. The Morgan fingerprint density at radius 3 is 2.67 bits per heavy atom. The van der Waals surface area contributed by atoms with Crippen molar-refractivity contribution in [3.05, 3.63) is 52.8 Å². The van der Waals surface area contributed by atoms with Crippen LogP contribution in [0.4, 0.5) is 0 Å². The molecule has 0 bridgehead atoms.